The minimum atomic E-state index is -0.729. The first-order valence-electron chi connectivity index (χ1n) is 9.46. The summed E-state index contributed by atoms with van der Waals surface area (Å²) in [6.07, 6.45) is 5.23. The van der Waals surface area contributed by atoms with E-state index in [1.165, 1.54) is 54.8 Å². The Morgan fingerprint density at radius 2 is 0.812 bits per heavy atom. The van der Waals surface area contributed by atoms with Gasteiger partial charge in [-0.1, -0.05) is 0 Å². The molecular weight excluding hydrogens is 416 g/mol. The number of rotatable bonds is 11. The van der Waals surface area contributed by atoms with Crippen LogP contribution in [0.25, 0.3) is 12.2 Å². The van der Waals surface area contributed by atoms with Gasteiger partial charge in [0.1, 0.15) is 34.5 Å². The molecule has 0 bridgehead atoms. The van der Waals surface area contributed by atoms with E-state index < -0.39 is 11.6 Å². The average Bonchev–Trinajstić information content (AvgIpc) is 2.84. The molecule has 2 aromatic carbocycles. The lowest BCUT2D eigenvalue weighted by Crippen LogP contribution is -2.07. The van der Waals surface area contributed by atoms with E-state index >= 15 is 0 Å². The van der Waals surface area contributed by atoms with Crippen LogP contribution < -0.4 is 28.4 Å². The molecule has 0 fully saturated rings. The number of carbonyl (C=O) groups is 2. The van der Waals surface area contributed by atoms with Gasteiger partial charge in [0.25, 0.3) is 0 Å². The first-order chi connectivity index (χ1) is 15.4. The highest BCUT2D eigenvalue weighted by Crippen LogP contribution is 2.36. The van der Waals surface area contributed by atoms with Crippen LogP contribution in [-0.2, 0) is 9.59 Å². The molecule has 0 heterocycles. The minimum absolute atomic E-state index is 0.431. The Labute approximate surface area is 186 Å². The molecule has 0 saturated heterocycles. The van der Waals surface area contributed by atoms with Crippen molar-refractivity contribution in [2.45, 2.75) is 0 Å². The predicted octanol–water partition coefficient (Wildman–Crippen LogP) is 3.60. The Kier molecular flexibility index (Phi) is 8.71. The summed E-state index contributed by atoms with van der Waals surface area (Å²) >= 11 is 0. The number of ether oxygens (including phenoxy) is 6. The molecule has 0 aliphatic heterocycles. The highest BCUT2D eigenvalue weighted by Gasteiger charge is 2.14. The summed E-state index contributed by atoms with van der Waals surface area (Å²) in [5.74, 6) is 1.33. The van der Waals surface area contributed by atoms with Gasteiger partial charge in [0.05, 0.1) is 53.8 Å². The van der Waals surface area contributed by atoms with Crippen LogP contribution in [-0.4, -0.2) is 54.2 Å². The minimum Gasteiger partial charge on any atom is -0.496 e. The van der Waals surface area contributed by atoms with Gasteiger partial charge >= 0.3 is 0 Å². The van der Waals surface area contributed by atoms with E-state index in [2.05, 4.69) is 0 Å². The maximum Gasteiger partial charge on any atom is 0.225 e. The Bertz CT molecular complexity index is 903. The van der Waals surface area contributed by atoms with Crippen molar-refractivity contribution in [2.75, 3.05) is 42.7 Å². The van der Waals surface area contributed by atoms with Gasteiger partial charge in [-0.2, -0.15) is 0 Å². The molecule has 2 rings (SSSR count). The molecule has 0 aromatic heterocycles. The largest absolute Gasteiger partial charge is 0.496 e. The number of hydrogen-bond acceptors (Lipinski definition) is 8. The summed E-state index contributed by atoms with van der Waals surface area (Å²) in [6, 6.07) is 6.60. The number of ketones is 2. The van der Waals surface area contributed by atoms with E-state index in [-0.39, 0.29) is 0 Å². The van der Waals surface area contributed by atoms with Gasteiger partial charge < -0.3 is 28.4 Å². The van der Waals surface area contributed by atoms with Crippen LogP contribution in [0, 0.1) is 0 Å². The zero-order chi connectivity index (χ0) is 23.7. The Balaban J connectivity index is 2.29. The zero-order valence-electron chi connectivity index (χ0n) is 18.9. The van der Waals surface area contributed by atoms with E-state index in [0.717, 1.165) is 12.2 Å². The van der Waals surface area contributed by atoms with Gasteiger partial charge in [-0.3, -0.25) is 9.59 Å². The molecule has 0 unspecified atom stereocenters. The molecule has 0 aliphatic rings. The smallest absolute Gasteiger partial charge is 0.225 e. The maximum atomic E-state index is 12.4. The summed E-state index contributed by atoms with van der Waals surface area (Å²) in [7, 11) is 8.97. The summed E-state index contributed by atoms with van der Waals surface area (Å²) in [5.41, 5.74) is 0.999. The molecule has 170 valence electrons. The fraction of sp³-hybridized carbons (Fsp3) is 0.250. The van der Waals surface area contributed by atoms with Crippen molar-refractivity contribution < 1.29 is 38.0 Å². The summed E-state index contributed by atoms with van der Waals surface area (Å²) in [5, 5.41) is 0. The molecule has 0 spiro atoms. The van der Waals surface area contributed by atoms with E-state index in [1.807, 2.05) is 0 Å². The second kappa shape index (κ2) is 11.5. The van der Waals surface area contributed by atoms with Gasteiger partial charge in [-0.05, 0) is 24.3 Å². The standard InChI is InChI=1S/C24H26O8/c1-27-15-11-21(29-3)17(22(12-15)30-4)7-9-19(25)20(26)10-8-18-23(31-5)13-16(28-2)14-24(18)32-6/h7-14H,1-6H3. The zero-order valence-corrected chi connectivity index (χ0v) is 18.9. The second-order valence-corrected chi connectivity index (χ2v) is 6.29. The van der Waals surface area contributed by atoms with Crippen LogP contribution in [0.2, 0.25) is 0 Å². The molecule has 32 heavy (non-hydrogen) atoms. The van der Waals surface area contributed by atoms with Gasteiger partial charge in [0.15, 0.2) is 0 Å². The lowest BCUT2D eigenvalue weighted by atomic mass is 10.1. The quantitative estimate of drug-likeness (QED) is 0.385. The highest BCUT2D eigenvalue weighted by molar-refractivity contribution is 6.46. The van der Waals surface area contributed by atoms with Gasteiger partial charge in [-0.25, -0.2) is 0 Å². The van der Waals surface area contributed by atoms with Gasteiger partial charge in [-0.15, -0.1) is 0 Å². The van der Waals surface area contributed by atoms with Crippen LogP contribution >= 0.6 is 0 Å². The monoisotopic (exact) mass is 442 g/mol. The van der Waals surface area contributed by atoms with Crippen molar-refractivity contribution in [3.63, 3.8) is 0 Å². The SMILES string of the molecule is COc1cc(OC)c(C=CC(=O)C(=O)C=Cc2c(OC)cc(OC)cc2OC)c(OC)c1. The average molecular weight is 442 g/mol. The van der Waals surface area contributed by atoms with Crippen LogP contribution in [0.3, 0.4) is 0 Å². The van der Waals surface area contributed by atoms with Crippen LogP contribution in [0.5, 0.6) is 34.5 Å². The van der Waals surface area contributed by atoms with E-state index in [4.69, 9.17) is 28.4 Å². The first kappa shape index (κ1) is 24.3. The van der Waals surface area contributed by atoms with Crippen molar-refractivity contribution in [3.8, 4) is 34.5 Å². The number of allylic oxidation sites excluding steroid dienone is 2. The molecule has 0 radical (unpaired) electrons. The normalized spacial score (nSPS) is 10.8. The third kappa shape index (κ3) is 5.60. The highest BCUT2D eigenvalue weighted by atomic mass is 16.5. The predicted molar refractivity (Wildman–Crippen MR) is 120 cm³/mol. The second-order valence-electron chi connectivity index (χ2n) is 6.29. The lowest BCUT2D eigenvalue weighted by molar-refractivity contribution is -0.130. The molecular formula is C24H26O8. The Morgan fingerprint density at radius 1 is 0.531 bits per heavy atom. The van der Waals surface area contributed by atoms with Crippen LogP contribution in [0.1, 0.15) is 11.1 Å². The Morgan fingerprint density at radius 3 is 1.03 bits per heavy atom. The fourth-order valence-electron chi connectivity index (χ4n) is 2.88. The molecule has 0 N–H and O–H groups in total. The third-order valence-corrected chi connectivity index (χ3v) is 4.55. The van der Waals surface area contributed by atoms with Crippen molar-refractivity contribution in [3.05, 3.63) is 47.5 Å². The molecule has 2 aromatic rings. The summed E-state index contributed by atoms with van der Waals surface area (Å²) < 4.78 is 31.8. The Hall–Kier alpha value is -3.94. The van der Waals surface area contributed by atoms with Gasteiger partial charge in [0.2, 0.25) is 11.6 Å². The number of methoxy groups -OCH3 is 6. The first-order valence-corrected chi connectivity index (χ1v) is 9.46. The van der Waals surface area contributed by atoms with E-state index in [9.17, 15) is 9.59 Å². The van der Waals surface area contributed by atoms with Crippen LogP contribution in [0.4, 0.5) is 0 Å². The molecule has 0 amide bonds. The third-order valence-electron chi connectivity index (χ3n) is 4.55. The molecule has 0 saturated carbocycles. The maximum absolute atomic E-state index is 12.4. The lowest BCUT2D eigenvalue weighted by Gasteiger charge is -2.12. The van der Waals surface area contributed by atoms with Crippen molar-refractivity contribution in [1.29, 1.82) is 0 Å². The molecule has 0 aliphatic carbocycles. The van der Waals surface area contributed by atoms with Crippen molar-refractivity contribution in [1.82, 2.24) is 0 Å². The van der Waals surface area contributed by atoms with Crippen LogP contribution in [0.15, 0.2) is 36.4 Å². The number of hydrogen-bond donors (Lipinski definition) is 0. The van der Waals surface area contributed by atoms with Crippen molar-refractivity contribution >= 4 is 23.7 Å². The fourth-order valence-corrected chi connectivity index (χ4v) is 2.88. The topological polar surface area (TPSA) is 89.5 Å². The summed E-state index contributed by atoms with van der Waals surface area (Å²) in [6.45, 7) is 0. The summed E-state index contributed by atoms with van der Waals surface area (Å²) in [4.78, 5) is 24.8. The molecule has 8 heteroatoms. The molecule has 0 atom stereocenters. The van der Waals surface area contributed by atoms with Gasteiger partial charge in [0, 0.05) is 24.3 Å². The number of carbonyl (C=O) groups excluding carboxylic acids is 2. The van der Waals surface area contributed by atoms with E-state index in [0.29, 0.717) is 45.6 Å². The van der Waals surface area contributed by atoms with Crippen molar-refractivity contribution in [2.24, 2.45) is 0 Å². The molecule has 8 nitrogen and oxygen atoms in total. The van der Waals surface area contributed by atoms with E-state index in [1.54, 1.807) is 24.3 Å². The number of benzene rings is 2.